The average molecular weight is 531 g/mol. The van der Waals surface area contributed by atoms with Gasteiger partial charge in [0.05, 0.1) is 22.4 Å². The van der Waals surface area contributed by atoms with Crippen LogP contribution in [-0.4, -0.2) is 28.4 Å². The number of halogens is 1. The molecule has 1 aliphatic rings. The topological polar surface area (TPSA) is 79.7 Å². The lowest BCUT2D eigenvalue weighted by atomic mass is 9.95. The van der Waals surface area contributed by atoms with Gasteiger partial charge in [0.25, 0.3) is 5.78 Å². The number of hydrogen-bond acceptors (Lipinski definition) is 6. The van der Waals surface area contributed by atoms with Crippen molar-refractivity contribution in [2.45, 2.75) is 39.7 Å². The second kappa shape index (κ2) is 10.4. The first-order chi connectivity index (χ1) is 18.3. The number of unbranched alkanes of at least 4 members (excludes halogenated alkanes) is 1. The van der Waals surface area contributed by atoms with Crippen molar-refractivity contribution in [2.24, 2.45) is 0 Å². The maximum atomic E-state index is 15.2. The molecular formula is C30H27FN2O4S. The lowest BCUT2D eigenvalue weighted by Crippen LogP contribution is -2.29. The van der Waals surface area contributed by atoms with Crippen molar-refractivity contribution in [3.05, 3.63) is 94.3 Å². The standard InChI is InChI=1S/C30H27FN2O4S/c1-4-5-13-37-20-10-8-9-19(16-20)27(34)24-26(21-11-6-7-12-22(21)31)33(29(36)28(24)35)30-32-25-18(3)14-17(2)15-23(25)38-30/h6-12,14-16,26,34H,4-5,13H2,1-3H3. The van der Waals surface area contributed by atoms with E-state index in [1.807, 2.05) is 26.0 Å². The normalized spacial score (nSPS) is 16.9. The van der Waals surface area contributed by atoms with Crippen molar-refractivity contribution >= 4 is 44.1 Å². The Morgan fingerprint density at radius 3 is 2.66 bits per heavy atom. The van der Waals surface area contributed by atoms with E-state index in [2.05, 4.69) is 11.9 Å². The SMILES string of the molecule is CCCCOc1cccc(C(O)=C2C(=O)C(=O)N(c3nc4c(C)cc(C)cc4s3)C2c2ccccc2F)c1. The van der Waals surface area contributed by atoms with Gasteiger partial charge in [-0.15, -0.1) is 0 Å². The molecule has 6 nitrogen and oxygen atoms in total. The van der Waals surface area contributed by atoms with Crippen molar-refractivity contribution in [1.82, 2.24) is 4.98 Å². The van der Waals surface area contributed by atoms with Crippen LogP contribution in [0.2, 0.25) is 0 Å². The molecule has 5 rings (SSSR count). The Bertz CT molecular complexity index is 1590. The summed E-state index contributed by atoms with van der Waals surface area (Å²) in [5, 5.41) is 11.7. The number of fused-ring (bicyclic) bond motifs is 1. The molecule has 8 heteroatoms. The highest BCUT2D eigenvalue weighted by Crippen LogP contribution is 2.45. The molecule has 0 aliphatic carbocycles. The number of rotatable bonds is 7. The number of ether oxygens (including phenoxy) is 1. The van der Waals surface area contributed by atoms with Gasteiger partial charge in [0.2, 0.25) is 0 Å². The Labute approximate surface area is 224 Å². The highest BCUT2D eigenvalue weighted by atomic mass is 32.1. The highest BCUT2D eigenvalue weighted by Gasteiger charge is 2.49. The van der Waals surface area contributed by atoms with E-state index in [-0.39, 0.29) is 16.3 Å². The van der Waals surface area contributed by atoms with E-state index >= 15 is 4.39 Å². The summed E-state index contributed by atoms with van der Waals surface area (Å²) >= 11 is 1.25. The minimum Gasteiger partial charge on any atom is -0.507 e. The molecule has 3 aromatic carbocycles. The van der Waals surface area contributed by atoms with Crippen LogP contribution in [0.5, 0.6) is 5.75 Å². The summed E-state index contributed by atoms with van der Waals surface area (Å²) in [4.78, 5) is 32.8. The summed E-state index contributed by atoms with van der Waals surface area (Å²) < 4.78 is 21.8. The Hall–Kier alpha value is -4.04. The molecule has 194 valence electrons. The van der Waals surface area contributed by atoms with E-state index in [1.54, 1.807) is 30.3 Å². The Morgan fingerprint density at radius 2 is 1.89 bits per heavy atom. The zero-order chi connectivity index (χ0) is 27.0. The number of ketones is 1. The highest BCUT2D eigenvalue weighted by molar-refractivity contribution is 7.22. The predicted octanol–water partition coefficient (Wildman–Crippen LogP) is 6.86. The number of carbonyl (C=O) groups excluding carboxylic acids is 2. The Morgan fingerprint density at radius 1 is 1.11 bits per heavy atom. The van der Waals surface area contributed by atoms with Gasteiger partial charge in [0.15, 0.2) is 5.13 Å². The smallest absolute Gasteiger partial charge is 0.301 e. The van der Waals surface area contributed by atoms with Crippen LogP contribution in [0.25, 0.3) is 16.0 Å². The van der Waals surface area contributed by atoms with Gasteiger partial charge in [0, 0.05) is 11.1 Å². The van der Waals surface area contributed by atoms with Crippen LogP contribution >= 0.6 is 11.3 Å². The van der Waals surface area contributed by atoms with E-state index in [4.69, 9.17) is 4.74 Å². The molecule has 0 radical (unpaired) electrons. The molecule has 1 aromatic heterocycles. The van der Waals surface area contributed by atoms with E-state index in [9.17, 15) is 14.7 Å². The third-order valence-corrected chi connectivity index (χ3v) is 7.54. The molecule has 2 heterocycles. The number of aryl methyl sites for hydroxylation is 2. The van der Waals surface area contributed by atoms with Crippen molar-refractivity contribution in [1.29, 1.82) is 0 Å². The molecule has 0 bridgehead atoms. The van der Waals surface area contributed by atoms with Gasteiger partial charge in [-0.3, -0.25) is 14.5 Å². The number of amides is 1. The van der Waals surface area contributed by atoms with E-state index in [1.165, 1.54) is 34.4 Å². The van der Waals surface area contributed by atoms with Crippen LogP contribution in [0.4, 0.5) is 9.52 Å². The number of aromatic nitrogens is 1. The van der Waals surface area contributed by atoms with Crippen molar-refractivity contribution < 1.29 is 23.8 Å². The van der Waals surface area contributed by atoms with E-state index < -0.39 is 29.3 Å². The second-order valence-corrected chi connectivity index (χ2v) is 10.4. The molecule has 1 aliphatic heterocycles. The van der Waals surface area contributed by atoms with Crippen LogP contribution in [0.1, 0.15) is 48.1 Å². The molecule has 1 amide bonds. The molecular weight excluding hydrogens is 503 g/mol. The van der Waals surface area contributed by atoms with Crippen LogP contribution in [0.15, 0.2) is 66.2 Å². The van der Waals surface area contributed by atoms with Gasteiger partial charge in [-0.05, 0) is 55.7 Å². The fourth-order valence-electron chi connectivity index (χ4n) is 4.71. The molecule has 1 atom stereocenters. The van der Waals surface area contributed by atoms with E-state index in [0.29, 0.717) is 23.4 Å². The zero-order valence-corrected chi connectivity index (χ0v) is 22.1. The lowest BCUT2D eigenvalue weighted by molar-refractivity contribution is -0.132. The first-order valence-electron chi connectivity index (χ1n) is 12.5. The van der Waals surface area contributed by atoms with Crippen molar-refractivity contribution in [2.75, 3.05) is 11.5 Å². The quantitative estimate of drug-likeness (QED) is 0.122. The van der Waals surface area contributed by atoms with Crippen molar-refractivity contribution in [3.63, 3.8) is 0 Å². The number of aliphatic hydroxyl groups is 1. The van der Waals surface area contributed by atoms with Gasteiger partial charge < -0.3 is 9.84 Å². The predicted molar refractivity (Wildman–Crippen MR) is 147 cm³/mol. The maximum Gasteiger partial charge on any atom is 0.301 e. The maximum absolute atomic E-state index is 15.2. The van der Waals surface area contributed by atoms with Gasteiger partial charge in [-0.2, -0.15) is 0 Å². The molecule has 1 N–H and O–H groups in total. The van der Waals surface area contributed by atoms with E-state index in [0.717, 1.165) is 28.7 Å². The molecule has 38 heavy (non-hydrogen) atoms. The van der Waals surface area contributed by atoms with Crippen LogP contribution in [-0.2, 0) is 9.59 Å². The minimum atomic E-state index is -1.19. The monoisotopic (exact) mass is 530 g/mol. The fraction of sp³-hybridized carbons (Fsp3) is 0.233. The third-order valence-electron chi connectivity index (χ3n) is 6.54. The summed E-state index contributed by atoms with van der Waals surface area (Å²) in [5.74, 6) is -2.24. The molecule has 1 saturated heterocycles. The number of anilines is 1. The summed E-state index contributed by atoms with van der Waals surface area (Å²) in [7, 11) is 0. The van der Waals surface area contributed by atoms with Gasteiger partial charge in [0.1, 0.15) is 23.4 Å². The number of benzene rings is 3. The summed E-state index contributed by atoms with van der Waals surface area (Å²) in [6.07, 6.45) is 1.84. The second-order valence-electron chi connectivity index (χ2n) is 9.35. The summed E-state index contributed by atoms with van der Waals surface area (Å²) in [6, 6.07) is 15.4. The largest absolute Gasteiger partial charge is 0.507 e. The third kappa shape index (κ3) is 4.56. The summed E-state index contributed by atoms with van der Waals surface area (Å²) in [6.45, 7) is 6.46. The van der Waals surface area contributed by atoms with Crippen LogP contribution < -0.4 is 9.64 Å². The van der Waals surface area contributed by atoms with Gasteiger partial charge >= 0.3 is 5.91 Å². The van der Waals surface area contributed by atoms with Crippen LogP contribution in [0, 0.1) is 19.7 Å². The number of aliphatic hydroxyl groups excluding tert-OH is 1. The number of Topliss-reactive ketones (excluding diaryl/α,β-unsaturated/α-hetero) is 1. The minimum absolute atomic E-state index is 0.0933. The molecule has 4 aromatic rings. The first kappa shape index (κ1) is 25.6. The van der Waals surface area contributed by atoms with Gasteiger partial charge in [-0.25, -0.2) is 9.37 Å². The lowest BCUT2D eigenvalue weighted by Gasteiger charge is -2.23. The number of nitrogens with zero attached hydrogens (tertiary/aromatic N) is 2. The molecule has 1 unspecified atom stereocenters. The average Bonchev–Trinajstić information content (AvgIpc) is 3.43. The van der Waals surface area contributed by atoms with Crippen molar-refractivity contribution in [3.8, 4) is 5.75 Å². The molecule has 0 spiro atoms. The first-order valence-corrected chi connectivity index (χ1v) is 13.3. The summed E-state index contributed by atoms with van der Waals surface area (Å²) in [5.41, 5.74) is 2.88. The Kier molecular flexibility index (Phi) is 6.99. The Balaban J connectivity index is 1.68. The zero-order valence-electron chi connectivity index (χ0n) is 21.3. The fourth-order valence-corrected chi connectivity index (χ4v) is 5.87. The molecule has 0 saturated carbocycles. The number of carbonyl (C=O) groups is 2. The van der Waals surface area contributed by atoms with Gasteiger partial charge in [-0.1, -0.05) is 61.1 Å². The number of hydrogen-bond donors (Lipinski definition) is 1. The van der Waals surface area contributed by atoms with Crippen LogP contribution in [0.3, 0.4) is 0 Å². The molecule has 1 fully saturated rings. The number of thiazole rings is 1.